The highest BCUT2D eigenvalue weighted by atomic mass is 32.2. The molecule has 0 saturated carbocycles. The van der Waals surface area contributed by atoms with Gasteiger partial charge in [-0.15, -0.1) is 34.9 Å². The van der Waals surface area contributed by atoms with Crippen molar-refractivity contribution in [3.8, 4) is 0 Å². The Balaban J connectivity index is 1.25. The molecule has 5 heterocycles. The lowest BCUT2D eigenvalue weighted by Gasteiger charge is -2.49. The number of anilines is 1. The summed E-state index contributed by atoms with van der Waals surface area (Å²) in [7, 11) is 0. The van der Waals surface area contributed by atoms with Gasteiger partial charge in [0, 0.05) is 35.8 Å². The molecule has 0 unspecified atom stereocenters. The van der Waals surface area contributed by atoms with Crippen LogP contribution in [-0.4, -0.2) is 95.8 Å². The van der Waals surface area contributed by atoms with Crippen LogP contribution in [0.25, 0.3) is 0 Å². The minimum atomic E-state index is -1.26. The van der Waals surface area contributed by atoms with Crippen molar-refractivity contribution >= 4 is 69.6 Å². The molecule has 0 spiro atoms. The number of hydrogen-bond donors (Lipinski definition) is 6. The number of nitrogen functional groups attached to an aromatic ring is 1. The summed E-state index contributed by atoms with van der Waals surface area (Å²) in [4.78, 5) is 55.7. The number of ether oxygens (including phenoxy) is 1. The number of amides is 3. The zero-order valence-electron chi connectivity index (χ0n) is 20.9. The number of allylic oxidation sites excluding steroid dienone is 2. The van der Waals surface area contributed by atoms with Gasteiger partial charge in [-0.25, -0.2) is 19.6 Å². The van der Waals surface area contributed by atoms with E-state index >= 15 is 0 Å². The maximum Gasteiger partial charge on any atom is 0.404 e. The van der Waals surface area contributed by atoms with Gasteiger partial charge in [-0.1, -0.05) is 5.16 Å². The number of carbonyl (C=O) groups is 4. The van der Waals surface area contributed by atoms with E-state index in [1.54, 1.807) is 17.4 Å². The van der Waals surface area contributed by atoms with E-state index in [1.807, 2.05) is 17.1 Å². The number of nitrogens with two attached hydrogens (primary N) is 2. The van der Waals surface area contributed by atoms with Crippen molar-refractivity contribution in [2.45, 2.75) is 11.4 Å². The molecule has 19 heteroatoms. The number of carbonyl (C=O) groups excluding carboxylic acids is 3. The van der Waals surface area contributed by atoms with Crippen LogP contribution in [0.1, 0.15) is 5.69 Å². The predicted molar refractivity (Wildman–Crippen MR) is 150 cm³/mol. The molecular weight excluding hydrogens is 598 g/mol. The van der Waals surface area contributed by atoms with Crippen molar-refractivity contribution in [3.63, 3.8) is 0 Å². The van der Waals surface area contributed by atoms with E-state index < -0.39 is 41.0 Å². The number of nitrogens with one attached hydrogen (secondary N) is 2. The predicted octanol–water partition coefficient (Wildman–Crippen LogP) is -0.239. The second kappa shape index (κ2) is 11.6. The number of fused-ring (bicyclic) bond motifs is 2. The van der Waals surface area contributed by atoms with E-state index in [0.717, 1.165) is 22.2 Å². The van der Waals surface area contributed by atoms with Crippen LogP contribution in [-0.2, 0) is 19.1 Å². The summed E-state index contributed by atoms with van der Waals surface area (Å²) in [5.41, 5.74) is 13.8. The number of aliphatic carboxylic acids is 1. The van der Waals surface area contributed by atoms with Crippen molar-refractivity contribution in [3.05, 3.63) is 57.7 Å². The number of primary amides is 1. The molecule has 0 aromatic carbocycles. The number of β-lactam (4-membered cyclic amide) rings is 1. The van der Waals surface area contributed by atoms with Gasteiger partial charge in [-0.3, -0.25) is 19.9 Å². The first-order valence-corrected chi connectivity index (χ1v) is 14.7. The Labute approximate surface area is 244 Å². The molecule has 16 nitrogen and oxygen atoms in total. The number of hydrazine groups is 1. The van der Waals surface area contributed by atoms with Gasteiger partial charge < -0.3 is 36.7 Å². The first-order valence-electron chi connectivity index (χ1n) is 11.8. The standard InChI is InChI=1S/C22H23N9O7S3/c23-21-25-11(9-41-21)14(28-37)17(32)26-15-18(33)31-16(20(34)35)10(8-40-19(15)31)7-29-3-4-30-13(29)2-1-12(27-30)39-6-5-38-22(24)36/h1-4,9,15,19,27,37H,5-8H2,(H2,23,25)(H2,24,36)(H,26,32)(H,34,35)/b28-14-/t15-,19+/m1/s1. The molecule has 4 aliphatic rings. The third-order valence-corrected chi connectivity index (χ3v) is 9.04. The minimum absolute atomic E-state index is 0.0534. The second-order valence-corrected chi connectivity index (χ2v) is 11.7. The number of carboxylic acids is 1. The minimum Gasteiger partial charge on any atom is -0.477 e. The quantitative estimate of drug-likeness (QED) is 0.0651. The summed E-state index contributed by atoms with van der Waals surface area (Å²) in [6, 6.07) is -1.02. The average Bonchev–Trinajstić information content (AvgIpc) is 3.55. The molecule has 1 fully saturated rings. The van der Waals surface area contributed by atoms with Gasteiger partial charge in [0.1, 0.15) is 35.2 Å². The van der Waals surface area contributed by atoms with E-state index in [-0.39, 0.29) is 29.7 Å². The average molecular weight is 622 g/mol. The Morgan fingerprint density at radius 3 is 2.80 bits per heavy atom. The fraction of sp³-hybridized carbons (Fsp3) is 0.273. The van der Waals surface area contributed by atoms with Crippen molar-refractivity contribution in [2.75, 3.05) is 30.4 Å². The number of carboxylic acid groups (broad SMARTS) is 1. The lowest BCUT2D eigenvalue weighted by Crippen LogP contribution is -2.71. The molecule has 4 aliphatic heterocycles. The summed E-state index contributed by atoms with van der Waals surface area (Å²) in [5, 5.41) is 28.4. The molecule has 0 aliphatic carbocycles. The first kappa shape index (κ1) is 28.2. The first-order chi connectivity index (χ1) is 19.7. The van der Waals surface area contributed by atoms with Gasteiger partial charge >= 0.3 is 12.1 Å². The van der Waals surface area contributed by atoms with Crippen molar-refractivity contribution in [1.29, 1.82) is 0 Å². The second-order valence-electron chi connectivity index (χ2n) is 8.62. The van der Waals surface area contributed by atoms with Gasteiger partial charge in [0.15, 0.2) is 10.8 Å². The Hall–Kier alpha value is -4.36. The molecular formula is C22H23N9O7S3. The maximum absolute atomic E-state index is 13.1. The molecule has 1 aromatic rings. The number of thioether (sulfide) groups is 2. The summed E-state index contributed by atoms with van der Waals surface area (Å²) < 4.78 is 4.73. The van der Waals surface area contributed by atoms with Crippen LogP contribution in [0.4, 0.5) is 9.93 Å². The number of thiazole rings is 1. The molecule has 1 aromatic heterocycles. The van der Waals surface area contributed by atoms with Crippen molar-refractivity contribution < 1.29 is 34.2 Å². The third-order valence-electron chi connectivity index (χ3n) is 6.11. The number of aromatic nitrogens is 1. The van der Waals surface area contributed by atoms with Gasteiger partial charge in [-0.05, 0) is 17.7 Å². The molecule has 3 amide bonds. The third kappa shape index (κ3) is 5.63. The highest BCUT2D eigenvalue weighted by Crippen LogP contribution is 2.41. The van der Waals surface area contributed by atoms with Crippen LogP contribution in [0.5, 0.6) is 0 Å². The Bertz CT molecular complexity index is 1450. The Morgan fingerprint density at radius 2 is 2.12 bits per heavy atom. The van der Waals surface area contributed by atoms with Crippen molar-refractivity contribution in [2.24, 2.45) is 10.9 Å². The number of rotatable bonds is 10. The van der Waals surface area contributed by atoms with Crippen molar-refractivity contribution in [1.82, 2.24) is 30.5 Å². The van der Waals surface area contributed by atoms with E-state index in [0.29, 0.717) is 17.1 Å². The Morgan fingerprint density at radius 1 is 1.32 bits per heavy atom. The molecule has 5 rings (SSSR count). The highest BCUT2D eigenvalue weighted by molar-refractivity contribution is 8.03. The van der Waals surface area contributed by atoms with E-state index in [4.69, 9.17) is 16.2 Å². The number of oxime groups is 1. The van der Waals surface area contributed by atoms with Gasteiger partial charge in [0.25, 0.3) is 11.8 Å². The van der Waals surface area contributed by atoms with Gasteiger partial charge in [-0.2, -0.15) is 0 Å². The normalized spacial score (nSPS) is 21.4. The molecule has 8 N–H and O–H groups in total. The lowest BCUT2D eigenvalue weighted by atomic mass is 10.0. The van der Waals surface area contributed by atoms with Gasteiger partial charge in [0.05, 0.1) is 5.03 Å². The molecule has 0 radical (unpaired) electrons. The topological polar surface area (TPSA) is 229 Å². The monoisotopic (exact) mass is 621 g/mol. The summed E-state index contributed by atoms with van der Waals surface area (Å²) in [6.45, 7) is 0.372. The molecule has 2 atom stereocenters. The zero-order chi connectivity index (χ0) is 29.3. The van der Waals surface area contributed by atoms with Gasteiger partial charge in [0.2, 0.25) is 0 Å². The fourth-order valence-electron chi connectivity index (χ4n) is 4.35. The van der Waals surface area contributed by atoms with E-state index in [1.165, 1.54) is 33.8 Å². The molecule has 216 valence electrons. The largest absolute Gasteiger partial charge is 0.477 e. The van der Waals surface area contributed by atoms with Crippen LogP contribution in [0.2, 0.25) is 0 Å². The van der Waals surface area contributed by atoms with Crippen LogP contribution in [0.3, 0.4) is 0 Å². The number of hydrogen-bond acceptors (Lipinski definition) is 15. The highest BCUT2D eigenvalue weighted by Gasteiger charge is 2.54. The lowest BCUT2D eigenvalue weighted by molar-refractivity contribution is -0.150. The molecule has 1 saturated heterocycles. The maximum atomic E-state index is 13.1. The fourth-order valence-corrected chi connectivity index (χ4v) is 6.95. The van der Waals surface area contributed by atoms with Crippen LogP contribution in [0, 0.1) is 0 Å². The SMILES string of the molecule is NC(=O)OCCSC1=CC=C2N(CC3=C(C(=O)O)N4C(=O)[C@@H](NC(=O)/C(=N\O)c5csc(N)n5)[C@@H]4SC3)C=CN2N1. The number of nitrogens with zero attached hydrogens (tertiary/aromatic N) is 5. The summed E-state index contributed by atoms with van der Waals surface area (Å²) in [5.74, 6) is -1.15. The summed E-state index contributed by atoms with van der Waals surface area (Å²) >= 11 is 3.80. The smallest absolute Gasteiger partial charge is 0.404 e. The zero-order valence-corrected chi connectivity index (χ0v) is 23.4. The van der Waals surface area contributed by atoms with Crippen LogP contribution < -0.4 is 22.2 Å². The Kier molecular flexibility index (Phi) is 7.99. The van der Waals surface area contributed by atoms with E-state index in [9.17, 15) is 29.5 Å². The molecule has 0 bridgehead atoms. The molecule has 41 heavy (non-hydrogen) atoms. The summed E-state index contributed by atoms with van der Waals surface area (Å²) in [6.07, 6.45) is 6.41. The van der Waals surface area contributed by atoms with E-state index in [2.05, 4.69) is 20.9 Å². The van der Waals surface area contributed by atoms with Crippen LogP contribution in [0.15, 0.2) is 57.2 Å². The van der Waals surface area contributed by atoms with Crippen LogP contribution >= 0.6 is 34.9 Å².